The van der Waals surface area contributed by atoms with Crippen LogP contribution in [0.1, 0.15) is 12.8 Å². The number of ether oxygens (including phenoxy) is 1. The van der Waals surface area contributed by atoms with Crippen LogP contribution in [0.25, 0.3) is 0 Å². The number of rotatable bonds is 0. The zero-order chi connectivity index (χ0) is 6.24. The van der Waals surface area contributed by atoms with Crippen molar-refractivity contribution in [2.24, 2.45) is 0 Å². The molecule has 0 aromatic heterocycles. The van der Waals surface area contributed by atoms with E-state index in [1.165, 1.54) is 12.8 Å². The standard InChI is InChI=1S/C4H8O.CHO.Ru/c1-2-4-5-3-1;1-2;/h1-4H2;1H;. The Morgan fingerprint density at radius 3 is 1.88 bits per heavy atom. The van der Waals surface area contributed by atoms with E-state index in [0.717, 1.165) is 13.2 Å². The molecule has 0 unspecified atom stereocenters. The number of carbonyl (C=O) groups excluding carboxylic acids is 1. The van der Waals surface area contributed by atoms with Gasteiger partial charge in [0.25, 0.3) is 0 Å². The molecule has 1 heterocycles. The number of hydrogen-bond donors (Lipinski definition) is 0. The molecule has 8 heavy (non-hydrogen) atoms. The summed E-state index contributed by atoms with van der Waals surface area (Å²) in [6.07, 6.45) is 2.56. The van der Waals surface area contributed by atoms with Crippen LogP contribution in [-0.2, 0) is 27.8 Å². The monoisotopic (exact) mass is 203 g/mol. The van der Waals surface area contributed by atoms with Crippen LogP contribution in [0, 0.1) is 0 Å². The van der Waals surface area contributed by atoms with E-state index >= 15 is 0 Å². The van der Waals surface area contributed by atoms with E-state index in [2.05, 4.69) is 0 Å². The van der Waals surface area contributed by atoms with Crippen LogP contribution in [-0.4, -0.2) is 18.1 Å². The molecule has 0 atom stereocenters. The molecule has 0 N–H and O–H groups in total. The van der Waals surface area contributed by atoms with Crippen LogP contribution in [0.3, 0.4) is 0 Å². The van der Waals surface area contributed by atoms with Crippen LogP contribution in [0.4, 0.5) is 0 Å². The third-order valence-corrected chi connectivity index (χ3v) is 0.827. The van der Waals surface area contributed by atoms with Gasteiger partial charge in [0, 0.05) is 13.2 Å². The Morgan fingerprint density at radius 2 is 1.75 bits per heavy atom. The van der Waals surface area contributed by atoms with Gasteiger partial charge in [-0.15, -0.1) is 0 Å². The first kappa shape index (κ1) is 8.25. The van der Waals surface area contributed by atoms with Crippen molar-refractivity contribution >= 4 is 4.88 Å². The van der Waals surface area contributed by atoms with Gasteiger partial charge in [-0.05, 0) is 12.8 Å². The van der Waals surface area contributed by atoms with Gasteiger partial charge in [0.15, 0.2) is 0 Å². The Morgan fingerprint density at radius 1 is 1.38 bits per heavy atom. The summed E-state index contributed by atoms with van der Waals surface area (Å²) in [5.74, 6) is 0. The molecular weight excluding hydrogens is 193 g/mol. The second-order valence-electron chi connectivity index (χ2n) is 1.40. The minimum absolute atomic E-state index is 0.680. The van der Waals surface area contributed by atoms with E-state index in [1.54, 1.807) is 0 Å². The molecular formula is C5H9O2Ru. The maximum absolute atomic E-state index is 8.77. The van der Waals surface area contributed by atoms with E-state index in [9.17, 15) is 0 Å². The molecule has 2 nitrogen and oxygen atoms in total. The van der Waals surface area contributed by atoms with Gasteiger partial charge in [-0.25, -0.2) is 0 Å². The predicted octanol–water partition coefficient (Wildman–Crippen LogP) is 0.520. The zero-order valence-electron chi connectivity index (χ0n) is 4.58. The summed E-state index contributed by atoms with van der Waals surface area (Å²) in [7, 11) is 0. The summed E-state index contributed by atoms with van der Waals surface area (Å²) < 4.78 is 4.94. The van der Waals surface area contributed by atoms with Crippen LogP contribution in [0.2, 0.25) is 0 Å². The van der Waals surface area contributed by atoms with Gasteiger partial charge < -0.3 is 4.74 Å². The van der Waals surface area contributed by atoms with Crippen molar-refractivity contribution in [3.63, 3.8) is 0 Å². The molecule has 1 saturated heterocycles. The molecule has 0 saturated carbocycles. The van der Waals surface area contributed by atoms with Crippen LogP contribution in [0.5, 0.6) is 0 Å². The zero-order valence-corrected chi connectivity index (χ0v) is 6.31. The van der Waals surface area contributed by atoms with Crippen molar-refractivity contribution < 1.29 is 27.8 Å². The van der Waals surface area contributed by atoms with Crippen molar-refractivity contribution in [1.29, 1.82) is 0 Å². The third kappa shape index (κ3) is 6.25. The SMILES string of the molecule is C1CCOC1.O=[CH][Ru]. The molecule has 1 aliphatic rings. The van der Waals surface area contributed by atoms with Gasteiger partial charge in [-0.2, -0.15) is 0 Å². The van der Waals surface area contributed by atoms with E-state index in [-0.39, 0.29) is 0 Å². The van der Waals surface area contributed by atoms with Gasteiger partial charge >= 0.3 is 28.0 Å². The Hall–Kier alpha value is 0.253. The van der Waals surface area contributed by atoms with Gasteiger partial charge in [-0.1, -0.05) is 0 Å². The van der Waals surface area contributed by atoms with Crippen LogP contribution < -0.4 is 0 Å². The molecule has 1 aliphatic heterocycles. The van der Waals surface area contributed by atoms with E-state index in [4.69, 9.17) is 9.53 Å². The van der Waals surface area contributed by atoms with Crippen molar-refractivity contribution in [3.05, 3.63) is 0 Å². The van der Waals surface area contributed by atoms with E-state index < -0.39 is 0 Å². The number of carbonyl (C=O) groups is 1. The predicted molar refractivity (Wildman–Crippen MR) is 26.8 cm³/mol. The maximum atomic E-state index is 8.77. The molecule has 0 bridgehead atoms. The fraction of sp³-hybridized carbons (Fsp3) is 0.800. The molecule has 0 amide bonds. The van der Waals surface area contributed by atoms with Crippen molar-refractivity contribution in [3.8, 4) is 0 Å². The minimum atomic E-state index is 0.680. The third-order valence-electron chi connectivity index (χ3n) is 0.827. The molecule has 3 heteroatoms. The molecule has 49 valence electrons. The summed E-state index contributed by atoms with van der Waals surface area (Å²) in [5, 5.41) is 0. The molecule has 1 rings (SSSR count). The second-order valence-corrected chi connectivity index (χ2v) is 1.81. The summed E-state index contributed by atoms with van der Waals surface area (Å²) >= 11 is 1.83. The fourth-order valence-corrected chi connectivity index (χ4v) is 0.510. The summed E-state index contributed by atoms with van der Waals surface area (Å²) in [6, 6.07) is 0. The first-order chi connectivity index (χ1) is 3.91. The second kappa shape index (κ2) is 7.25. The van der Waals surface area contributed by atoms with Gasteiger partial charge in [0.05, 0.1) is 0 Å². The fourth-order valence-electron chi connectivity index (χ4n) is 0.510. The Labute approximate surface area is 59.3 Å². The van der Waals surface area contributed by atoms with Crippen molar-refractivity contribution in [1.82, 2.24) is 0 Å². The molecule has 0 radical (unpaired) electrons. The number of hydrogen-bond acceptors (Lipinski definition) is 2. The van der Waals surface area contributed by atoms with Crippen molar-refractivity contribution in [2.75, 3.05) is 13.2 Å². The van der Waals surface area contributed by atoms with Crippen LogP contribution >= 0.6 is 0 Å². The summed E-state index contributed by atoms with van der Waals surface area (Å²) in [5.41, 5.74) is 0. The Balaban J connectivity index is 0.000000145. The molecule has 0 aromatic carbocycles. The topological polar surface area (TPSA) is 26.3 Å². The first-order valence-electron chi connectivity index (χ1n) is 2.52. The van der Waals surface area contributed by atoms with Crippen molar-refractivity contribution in [2.45, 2.75) is 12.8 Å². The van der Waals surface area contributed by atoms with Gasteiger partial charge in [-0.3, -0.25) is 0 Å². The normalized spacial score (nSPS) is 16.6. The molecule has 0 aliphatic carbocycles. The van der Waals surface area contributed by atoms with Crippen LogP contribution in [0.15, 0.2) is 0 Å². The molecule has 0 spiro atoms. The quantitative estimate of drug-likeness (QED) is 0.423. The van der Waals surface area contributed by atoms with Gasteiger partial charge in [0.1, 0.15) is 0 Å². The average molecular weight is 202 g/mol. The van der Waals surface area contributed by atoms with Gasteiger partial charge in [0.2, 0.25) is 0 Å². The summed E-state index contributed by atoms with van der Waals surface area (Å²) in [6.45, 7) is 2.00. The Kier molecular flexibility index (Phi) is 7.48. The Bertz CT molecular complexity index is 44.8. The summed E-state index contributed by atoms with van der Waals surface area (Å²) in [4.78, 5) is 9.45. The average Bonchev–Trinajstić information content (AvgIpc) is 2.17. The van der Waals surface area contributed by atoms with E-state index in [0.29, 0.717) is 4.88 Å². The molecule has 0 aromatic rings. The molecule has 1 fully saturated rings. The first-order valence-corrected chi connectivity index (χ1v) is 3.52. The van der Waals surface area contributed by atoms with E-state index in [1.807, 2.05) is 18.3 Å².